The molecule has 0 aliphatic heterocycles. The summed E-state index contributed by atoms with van der Waals surface area (Å²) in [6, 6.07) is 8.91. The average Bonchev–Trinajstić information content (AvgIpc) is 2.34. The third kappa shape index (κ3) is 6.12. The number of benzene rings is 1. The summed E-state index contributed by atoms with van der Waals surface area (Å²) in [5.41, 5.74) is 1.84. The normalized spacial score (nSPS) is 13.5. The maximum absolute atomic E-state index is 3.53. The van der Waals surface area contributed by atoms with Gasteiger partial charge in [0.1, 0.15) is 0 Å². The van der Waals surface area contributed by atoms with Crippen molar-refractivity contribution < 1.29 is 0 Å². The lowest BCUT2D eigenvalue weighted by atomic mass is 9.74. The highest BCUT2D eigenvalue weighted by Gasteiger charge is 2.25. The first-order valence-electron chi connectivity index (χ1n) is 7.70. The van der Waals surface area contributed by atoms with Crippen LogP contribution in [0.3, 0.4) is 0 Å². The fourth-order valence-corrected chi connectivity index (χ4v) is 3.01. The summed E-state index contributed by atoms with van der Waals surface area (Å²) in [4.78, 5) is 0. The van der Waals surface area contributed by atoms with Gasteiger partial charge in [-0.1, -0.05) is 87.9 Å². The Morgan fingerprint density at radius 2 is 1.53 bits per heavy atom. The van der Waals surface area contributed by atoms with Crippen LogP contribution in [-0.4, -0.2) is 0 Å². The fraction of sp³-hybridized carbons (Fsp3) is 0.667. The lowest BCUT2D eigenvalue weighted by Gasteiger charge is -2.31. The van der Waals surface area contributed by atoms with Crippen molar-refractivity contribution >= 4 is 15.9 Å². The summed E-state index contributed by atoms with van der Waals surface area (Å²) < 4.78 is 1.17. The summed E-state index contributed by atoms with van der Waals surface area (Å²) >= 11 is 3.53. The molecule has 1 aromatic rings. The minimum atomic E-state index is 0.346. The first kappa shape index (κ1) is 16.8. The minimum absolute atomic E-state index is 0.346. The van der Waals surface area contributed by atoms with Crippen molar-refractivity contribution in [1.29, 1.82) is 0 Å². The molecule has 0 spiro atoms. The van der Waals surface area contributed by atoms with Crippen LogP contribution in [0, 0.1) is 5.41 Å². The van der Waals surface area contributed by atoms with Crippen LogP contribution in [0.25, 0.3) is 0 Å². The highest BCUT2D eigenvalue weighted by molar-refractivity contribution is 9.10. The first-order chi connectivity index (χ1) is 8.95. The van der Waals surface area contributed by atoms with E-state index in [-0.39, 0.29) is 0 Å². The monoisotopic (exact) mass is 324 g/mol. The number of halogens is 1. The Morgan fingerprint density at radius 3 is 2.05 bits per heavy atom. The van der Waals surface area contributed by atoms with Gasteiger partial charge >= 0.3 is 0 Å². The van der Waals surface area contributed by atoms with Crippen molar-refractivity contribution in [2.24, 2.45) is 5.41 Å². The van der Waals surface area contributed by atoms with E-state index in [1.165, 1.54) is 48.6 Å². The zero-order valence-corrected chi connectivity index (χ0v) is 14.6. The maximum atomic E-state index is 3.53. The Hall–Kier alpha value is -0.300. The quantitative estimate of drug-likeness (QED) is 0.476. The molecular weight excluding hydrogens is 296 g/mol. The van der Waals surface area contributed by atoms with Crippen molar-refractivity contribution in [3.8, 4) is 0 Å². The Balaban J connectivity index is 2.60. The molecule has 0 aliphatic carbocycles. The second kappa shape index (κ2) is 8.09. The summed E-state index contributed by atoms with van der Waals surface area (Å²) in [5, 5.41) is 0. The number of rotatable bonds is 7. The molecule has 108 valence electrons. The van der Waals surface area contributed by atoms with Gasteiger partial charge in [0.05, 0.1) is 0 Å². The van der Waals surface area contributed by atoms with Gasteiger partial charge < -0.3 is 0 Å². The van der Waals surface area contributed by atoms with E-state index in [9.17, 15) is 0 Å². The first-order valence-corrected chi connectivity index (χ1v) is 8.50. The molecule has 1 rings (SSSR count). The molecule has 0 saturated carbocycles. The lowest BCUT2D eigenvalue weighted by molar-refractivity contribution is 0.297. The van der Waals surface area contributed by atoms with Gasteiger partial charge in [-0.15, -0.1) is 0 Å². The second-order valence-corrected chi connectivity index (χ2v) is 7.59. The summed E-state index contributed by atoms with van der Waals surface area (Å²) in [7, 11) is 0. The van der Waals surface area contributed by atoms with Crippen LogP contribution in [0.1, 0.15) is 77.7 Å². The van der Waals surface area contributed by atoms with Crippen molar-refractivity contribution in [1.82, 2.24) is 0 Å². The molecule has 1 aromatic carbocycles. The third-order valence-electron chi connectivity index (χ3n) is 3.91. The van der Waals surface area contributed by atoms with Gasteiger partial charge in [0, 0.05) is 4.47 Å². The topological polar surface area (TPSA) is 0 Å². The Morgan fingerprint density at radius 1 is 0.947 bits per heavy atom. The van der Waals surface area contributed by atoms with E-state index in [4.69, 9.17) is 0 Å². The van der Waals surface area contributed by atoms with Crippen LogP contribution in [-0.2, 0) is 0 Å². The molecule has 1 heteroatoms. The van der Waals surface area contributed by atoms with Gasteiger partial charge in [0.25, 0.3) is 0 Å². The molecular formula is C18H29Br. The summed E-state index contributed by atoms with van der Waals surface area (Å²) in [6.45, 7) is 9.38. The molecule has 0 N–H and O–H groups in total. The molecule has 0 bridgehead atoms. The number of hydrogen-bond donors (Lipinski definition) is 0. The summed E-state index contributed by atoms with van der Waals surface area (Å²) in [6.07, 6.45) is 8.17. The molecule has 0 aliphatic rings. The highest BCUT2D eigenvalue weighted by Crippen LogP contribution is 2.39. The maximum Gasteiger partial charge on any atom is 0.0175 e. The lowest BCUT2D eigenvalue weighted by Crippen LogP contribution is -2.18. The standard InChI is InChI=1S/C18H29Br/c1-5-6-7-8-9-10-17(18(2,3)4)15-11-13-16(19)14-12-15/h11-14,17H,5-10H2,1-4H3. The molecule has 1 unspecified atom stereocenters. The summed E-state index contributed by atoms with van der Waals surface area (Å²) in [5.74, 6) is 0.669. The SMILES string of the molecule is CCCCCCCC(c1ccc(Br)cc1)C(C)(C)C. The highest BCUT2D eigenvalue weighted by atomic mass is 79.9. The molecule has 0 fully saturated rings. The van der Waals surface area contributed by atoms with Crippen LogP contribution in [0.2, 0.25) is 0 Å². The second-order valence-electron chi connectivity index (χ2n) is 6.67. The predicted octanol–water partition coefficient (Wildman–Crippen LogP) is 6.94. The van der Waals surface area contributed by atoms with E-state index in [0.717, 1.165) is 0 Å². The number of unbranched alkanes of at least 4 members (excludes halogenated alkanes) is 4. The zero-order valence-electron chi connectivity index (χ0n) is 13.0. The van der Waals surface area contributed by atoms with Crippen molar-refractivity contribution in [3.63, 3.8) is 0 Å². The fourth-order valence-electron chi connectivity index (χ4n) is 2.75. The third-order valence-corrected chi connectivity index (χ3v) is 4.44. The molecule has 0 radical (unpaired) electrons. The molecule has 19 heavy (non-hydrogen) atoms. The van der Waals surface area contributed by atoms with E-state index < -0.39 is 0 Å². The Bertz CT molecular complexity index is 345. The van der Waals surface area contributed by atoms with Gasteiger partial charge in [0.2, 0.25) is 0 Å². The van der Waals surface area contributed by atoms with Crippen LogP contribution < -0.4 is 0 Å². The molecule has 0 amide bonds. The van der Waals surface area contributed by atoms with Crippen LogP contribution >= 0.6 is 15.9 Å². The van der Waals surface area contributed by atoms with Crippen molar-refractivity contribution in [3.05, 3.63) is 34.3 Å². The molecule has 1 atom stereocenters. The molecule has 0 aromatic heterocycles. The Kier molecular flexibility index (Phi) is 7.13. The molecule has 0 nitrogen and oxygen atoms in total. The van der Waals surface area contributed by atoms with Crippen molar-refractivity contribution in [2.45, 2.75) is 72.1 Å². The molecule has 0 saturated heterocycles. The predicted molar refractivity (Wildman–Crippen MR) is 89.7 cm³/mol. The van der Waals surface area contributed by atoms with Crippen LogP contribution in [0.15, 0.2) is 28.7 Å². The largest absolute Gasteiger partial charge is 0.0654 e. The molecule has 0 heterocycles. The Labute approximate surface area is 128 Å². The zero-order chi connectivity index (χ0) is 14.3. The average molecular weight is 325 g/mol. The van der Waals surface area contributed by atoms with E-state index in [2.05, 4.69) is 67.9 Å². The minimum Gasteiger partial charge on any atom is -0.0654 e. The van der Waals surface area contributed by atoms with Crippen LogP contribution in [0.5, 0.6) is 0 Å². The van der Waals surface area contributed by atoms with E-state index in [1.807, 2.05) is 0 Å². The van der Waals surface area contributed by atoms with Gasteiger partial charge in [-0.05, 0) is 35.4 Å². The van der Waals surface area contributed by atoms with Crippen molar-refractivity contribution in [2.75, 3.05) is 0 Å². The van der Waals surface area contributed by atoms with E-state index in [0.29, 0.717) is 11.3 Å². The smallest absolute Gasteiger partial charge is 0.0175 e. The van der Waals surface area contributed by atoms with Gasteiger partial charge in [-0.25, -0.2) is 0 Å². The number of hydrogen-bond acceptors (Lipinski definition) is 0. The van der Waals surface area contributed by atoms with Gasteiger partial charge in [-0.2, -0.15) is 0 Å². The van der Waals surface area contributed by atoms with E-state index >= 15 is 0 Å². The van der Waals surface area contributed by atoms with Gasteiger partial charge in [-0.3, -0.25) is 0 Å². The van der Waals surface area contributed by atoms with Crippen LogP contribution in [0.4, 0.5) is 0 Å². The van der Waals surface area contributed by atoms with Gasteiger partial charge in [0.15, 0.2) is 0 Å². The van der Waals surface area contributed by atoms with E-state index in [1.54, 1.807) is 0 Å².